The number of carbonyl (C=O) groups is 1. The van der Waals surface area contributed by atoms with Crippen molar-refractivity contribution < 1.29 is 4.79 Å². The number of aryl methyl sites for hydroxylation is 1. The lowest BCUT2D eigenvalue weighted by atomic mass is 9.93. The van der Waals surface area contributed by atoms with Gasteiger partial charge in [-0.15, -0.1) is 10.2 Å². The van der Waals surface area contributed by atoms with E-state index in [0.29, 0.717) is 19.0 Å². The van der Waals surface area contributed by atoms with Gasteiger partial charge >= 0.3 is 0 Å². The molecule has 2 aromatic heterocycles. The normalized spacial score (nSPS) is 15.7. The van der Waals surface area contributed by atoms with Crippen LogP contribution < -0.4 is 5.56 Å². The van der Waals surface area contributed by atoms with Crippen molar-refractivity contribution in [2.75, 3.05) is 13.1 Å². The highest BCUT2D eigenvalue weighted by Gasteiger charge is 2.24. The summed E-state index contributed by atoms with van der Waals surface area (Å²) in [6.45, 7) is 1.28. The number of amides is 1. The highest BCUT2D eigenvalue weighted by Crippen LogP contribution is 2.20. The molecule has 0 unspecified atom stereocenters. The number of carbonyl (C=O) groups excluding carboxylic acids is 1. The Kier molecular flexibility index (Phi) is 4.94. The molecule has 0 saturated carbocycles. The average molecular weight is 351 g/mol. The van der Waals surface area contributed by atoms with E-state index in [2.05, 4.69) is 15.3 Å². The van der Waals surface area contributed by atoms with Crippen molar-refractivity contribution in [3.8, 4) is 0 Å². The number of aromatic nitrogens is 5. The van der Waals surface area contributed by atoms with Gasteiger partial charge in [-0.3, -0.25) is 9.59 Å². The van der Waals surface area contributed by atoms with Crippen molar-refractivity contribution in [1.82, 2.24) is 29.4 Å². The topological polar surface area (TPSA) is 85.9 Å². The van der Waals surface area contributed by atoms with Crippen molar-refractivity contribution in [2.24, 2.45) is 13.0 Å². The third-order valence-electron chi connectivity index (χ3n) is 4.36. The Hall–Kier alpha value is -2.22. The van der Waals surface area contributed by atoms with E-state index in [4.69, 9.17) is 11.6 Å². The molecule has 0 bridgehead atoms. The molecule has 0 N–H and O–H groups in total. The van der Waals surface area contributed by atoms with Gasteiger partial charge in [-0.05, 0) is 24.8 Å². The lowest BCUT2D eigenvalue weighted by Crippen LogP contribution is -2.42. The molecular weight excluding hydrogens is 332 g/mol. The van der Waals surface area contributed by atoms with Crippen LogP contribution in [0.5, 0.6) is 0 Å². The highest BCUT2D eigenvalue weighted by atomic mass is 35.5. The van der Waals surface area contributed by atoms with Crippen LogP contribution in [0.25, 0.3) is 0 Å². The molecule has 9 heteroatoms. The summed E-state index contributed by atoms with van der Waals surface area (Å²) in [5.74, 6) is 1.35. The minimum absolute atomic E-state index is 0.0760. The van der Waals surface area contributed by atoms with Gasteiger partial charge in [0.25, 0.3) is 5.56 Å². The van der Waals surface area contributed by atoms with E-state index < -0.39 is 0 Å². The number of hydrogen-bond acceptors (Lipinski definition) is 5. The quantitative estimate of drug-likeness (QED) is 0.801. The Bertz CT molecular complexity index is 778. The highest BCUT2D eigenvalue weighted by molar-refractivity contribution is 6.29. The fraction of sp³-hybridized carbons (Fsp3) is 0.533. The lowest BCUT2D eigenvalue weighted by molar-refractivity contribution is -0.133. The molecule has 0 radical (unpaired) electrons. The lowest BCUT2D eigenvalue weighted by Gasteiger charge is -2.31. The summed E-state index contributed by atoms with van der Waals surface area (Å²) < 4.78 is 3.03. The molecule has 1 saturated heterocycles. The fourth-order valence-electron chi connectivity index (χ4n) is 2.90. The summed E-state index contributed by atoms with van der Waals surface area (Å²) >= 11 is 5.78. The Balaban J connectivity index is 1.54. The van der Waals surface area contributed by atoms with Crippen molar-refractivity contribution in [2.45, 2.75) is 25.8 Å². The second kappa shape index (κ2) is 7.12. The van der Waals surface area contributed by atoms with E-state index in [1.165, 1.54) is 12.1 Å². The Morgan fingerprint density at radius 2 is 2.08 bits per heavy atom. The molecule has 0 spiro atoms. The maximum atomic E-state index is 12.4. The van der Waals surface area contributed by atoms with Crippen molar-refractivity contribution in [3.05, 3.63) is 39.8 Å². The monoisotopic (exact) mass is 350 g/mol. The molecule has 128 valence electrons. The number of nitrogens with zero attached hydrogens (tertiary/aromatic N) is 6. The van der Waals surface area contributed by atoms with Crippen LogP contribution in [0.1, 0.15) is 18.7 Å². The van der Waals surface area contributed by atoms with Gasteiger partial charge in [0.05, 0.1) is 0 Å². The van der Waals surface area contributed by atoms with Gasteiger partial charge in [-0.25, -0.2) is 4.68 Å². The smallest absolute Gasteiger partial charge is 0.267 e. The first-order valence-corrected chi connectivity index (χ1v) is 8.25. The van der Waals surface area contributed by atoms with Gasteiger partial charge in [0, 0.05) is 32.6 Å². The molecule has 3 rings (SSSR count). The van der Waals surface area contributed by atoms with Gasteiger partial charge in [-0.2, -0.15) is 5.10 Å². The summed E-state index contributed by atoms with van der Waals surface area (Å²) in [6.07, 6.45) is 4.39. The van der Waals surface area contributed by atoms with Crippen LogP contribution in [0.2, 0.25) is 5.15 Å². The zero-order chi connectivity index (χ0) is 17.1. The van der Waals surface area contributed by atoms with Crippen molar-refractivity contribution >= 4 is 17.5 Å². The molecule has 0 aliphatic carbocycles. The number of rotatable bonds is 4. The van der Waals surface area contributed by atoms with Crippen LogP contribution in [0.15, 0.2) is 23.3 Å². The number of likely N-dealkylation sites (tertiary alicyclic amines) is 1. The first-order chi connectivity index (χ1) is 11.5. The van der Waals surface area contributed by atoms with Crippen LogP contribution in [-0.4, -0.2) is 48.4 Å². The van der Waals surface area contributed by atoms with E-state index in [0.717, 1.165) is 29.8 Å². The van der Waals surface area contributed by atoms with Crippen LogP contribution >= 0.6 is 11.6 Å². The second-order valence-electron chi connectivity index (χ2n) is 6.04. The van der Waals surface area contributed by atoms with Gasteiger partial charge in [-0.1, -0.05) is 11.6 Å². The molecular formula is C15H19ClN6O2. The SMILES string of the molecule is Cn1cnnc1CC1CCN(C(=O)Cn2nc(Cl)ccc2=O)CC1. The summed E-state index contributed by atoms with van der Waals surface area (Å²) in [5, 5.41) is 12.1. The predicted octanol–water partition coefficient (Wildman–Crippen LogP) is 0.506. The summed E-state index contributed by atoms with van der Waals surface area (Å²) in [6, 6.07) is 2.73. The van der Waals surface area contributed by atoms with Crippen LogP contribution in [-0.2, 0) is 24.8 Å². The molecule has 2 aromatic rings. The first kappa shape index (κ1) is 16.6. The van der Waals surface area contributed by atoms with Crippen LogP contribution in [0, 0.1) is 5.92 Å². The maximum Gasteiger partial charge on any atom is 0.267 e. The molecule has 1 aliphatic heterocycles. The van der Waals surface area contributed by atoms with Gasteiger partial charge in [0.2, 0.25) is 5.91 Å². The molecule has 1 fully saturated rings. The number of hydrogen-bond donors (Lipinski definition) is 0. The van der Waals surface area contributed by atoms with E-state index in [1.54, 1.807) is 11.2 Å². The molecule has 0 atom stereocenters. The zero-order valence-corrected chi connectivity index (χ0v) is 14.2. The standard InChI is InChI=1S/C15H19ClN6O2/c1-20-10-17-18-13(20)8-11-4-6-21(7-5-11)15(24)9-22-14(23)3-2-12(16)19-22/h2-3,10-11H,4-9H2,1H3. The van der Waals surface area contributed by atoms with Gasteiger partial charge < -0.3 is 9.47 Å². The maximum absolute atomic E-state index is 12.4. The minimum Gasteiger partial charge on any atom is -0.341 e. The van der Waals surface area contributed by atoms with Gasteiger partial charge in [0.1, 0.15) is 23.8 Å². The summed E-state index contributed by atoms with van der Waals surface area (Å²) in [4.78, 5) is 25.9. The minimum atomic E-state index is -0.329. The van der Waals surface area contributed by atoms with E-state index in [-0.39, 0.29) is 23.2 Å². The summed E-state index contributed by atoms with van der Waals surface area (Å²) in [5.41, 5.74) is -0.329. The van der Waals surface area contributed by atoms with Crippen LogP contribution in [0.3, 0.4) is 0 Å². The van der Waals surface area contributed by atoms with E-state index in [9.17, 15) is 9.59 Å². The fourth-order valence-corrected chi connectivity index (χ4v) is 3.06. The average Bonchev–Trinajstić information content (AvgIpc) is 2.96. The third-order valence-corrected chi connectivity index (χ3v) is 4.56. The molecule has 3 heterocycles. The zero-order valence-electron chi connectivity index (χ0n) is 13.4. The predicted molar refractivity (Wildman–Crippen MR) is 87.5 cm³/mol. The molecule has 1 aliphatic rings. The van der Waals surface area contributed by atoms with Crippen molar-refractivity contribution in [3.63, 3.8) is 0 Å². The number of halogens is 1. The largest absolute Gasteiger partial charge is 0.341 e. The Labute approximate surface area is 144 Å². The summed E-state index contributed by atoms with van der Waals surface area (Å²) in [7, 11) is 1.93. The number of piperidine rings is 1. The Morgan fingerprint density at radius 3 is 2.75 bits per heavy atom. The molecule has 8 nitrogen and oxygen atoms in total. The van der Waals surface area contributed by atoms with Crippen molar-refractivity contribution in [1.29, 1.82) is 0 Å². The first-order valence-electron chi connectivity index (χ1n) is 7.87. The van der Waals surface area contributed by atoms with Gasteiger partial charge in [0.15, 0.2) is 0 Å². The van der Waals surface area contributed by atoms with E-state index >= 15 is 0 Å². The molecule has 24 heavy (non-hydrogen) atoms. The van der Waals surface area contributed by atoms with Crippen LogP contribution in [0.4, 0.5) is 0 Å². The Morgan fingerprint density at radius 1 is 1.33 bits per heavy atom. The van der Waals surface area contributed by atoms with E-state index in [1.807, 2.05) is 11.6 Å². The third kappa shape index (κ3) is 3.81. The molecule has 1 amide bonds. The second-order valence-corrected chi connectivity index (χ2v) is 6.43. The molecule has 0 aromatic carbocycles.